The lowest BCUT2D eigenvalue weighted by Gasteiger charge is -2.13. The summed E-state index contributed by atoms with van der Waals surface area (Å²) in [4.78, 5) is 0. The Labute approximate surface area is 141 Å². The number of fused-ring (bicyclic) bond motifs is 1. The molecular weight excluding hydrogens is 304 g/mol. The fraction of sp³-hybridized carbons (Fsp3) is 0.105. The number of nitrogens with one attached hydrogen (secondary N) is 2. The van der Waals surface area contributed by atoms with Gasteiger partial charge in [-0.25, -0.2) is 0 Å². The number of benzene rings is 3. The van der Waals surface area contributed by atoms with Gasteiger partial charge in [0.25, 0.3) is 0 Å². The van der Waals surface area contributed by atoms with E-state index in [-0.39, 0.29) is 5.75 Å². The molecule has 3 aromatic carbocycles. The van der Waals surface area contributed by atoms with E-state index >= 15 is 0 Å². The van der Waals surface area contributed by atoms with Crippen molar-refractivity contribution in [2.24, 2.45) is 0 Å². The molecule has 3 aromatic rings. The van der Waals surface area contributed by atoms with Crippen molar-refractivity contribution in [1.82, 2.24) is 0 Å². The van der Waals surface area contributed by atoms with E-state index in [1.807, 2.05) is 42.5 Å². The average molecular weight is 322 g/mol. The summed E-state index contributed by atoms with van der Waals surface area (Å²) < 4.78 is 0. The van der Waals surface area contributed by atoms with Crippen molar-refractivity contribution >= 4 is 39.5 Å². The molecular formula is C19H18N2OS. The average Bonchev–Trinajstić information content (AvgIpc) is 2.56. The second kappa shape index (κ2) is 6.67. The Morgan fingerprint density at radius 2 is 1.61 bits per heavy atom. The Bertz CT molecular complexity index is 844. The summed E-state index contributed by atoms with van der Waals surface area (Å²) in [6.07, 6.45) is 1.02. The van der Waals surface area contributed by atoms with Crippen molar-refractivity contribution in [3.05, 3.63) is 66.2 Å². The van der Waals surface area contributed by atoms with Crippen LogP contribution in [-0.2, 0) is 6.42 Å². The van der Waals surface area contributed by atoms with Gasteiger partial charge in [-0.05, 0) is 48.5 Å². The lowest BCUT2D eigenvalue weighted by Crippen LogP contribution is -2.19. The molecule has 0 saturated heterocycles. The van der Waals surface area contributed by atoms with E-state index < -0.39 is 0 Å². The van der Waals surface area contributed by atoms with E-state index in [1.54, 1.807) is 6.07 Å². The zero-order valence-electron chi connectivity index (χ0n) is 12.8. The van der Waals surface area contributed by atoms with Gasteiger partial charge in [0.05, 0.1) is 0 Å². The first-order chi connectivity index (χ1) is 11.2. The summed E-state index contributed by atoms with van der Waals surface area (Å²) in [5, 5.41) is 18.6. The fourth-order valence-corrected chi connectivity index (χ4v) is 2.74. The number of aromatic hydroxyl groups is 1. The minimum absolute atomic E-state index is 0.264. The maximum Gasteiger partial charge on any atom is 0.175 e. The molecule has 0 amide bonds. The standard InChI is InChI=1S/C19H18N2OS/c1-2-13-9-11-14(12-10-13)20-19(23)21-17-7-3-6-16-15(17)5-4-8-18(16)22/h3-12,22H,2H2,1H3,(H2,20,21,23). The number of thiocarbonyl (C=S) groups is 1. The van der Waals surface area contributed by atoms with Crippen LogP contribution in [-0.4, -0.2) is 10.2 Å². The molecule has 0 saturated carbocycles. The van der Waals surface area contributed by atoms with Crippen molar-refractivity contribution in [1.29, 1.82) is 0 Å². The Balaban J connectivity index is 1.78. The summed E-state index contributed by atoms with van der Waals surface area (Å²) in [6, 6.07) is 19.4. The molecule has 0 aliphatic carbocycles. The third-order valence-corrected chi connectivity index (χ3v) is 3.97. The first-order valence-electron chi connectivity index (χ1n) is 7.55. The topological polar surface area (TPSA) is 44.3 Å². The molecule has 3 N–H and O–H groups in total. The first kappa shape index (κ1) is 15.3. The molecule has 0 heterocycles. The van der Waals surface area contributed by atoms with Crippen LogP contribution in [0.15, 0.2) is 60.7 Å². The van der Waals surface area contributed by atoms with E-state index in [4.69, 9.17) is 12.2 Å². The van der Waals surface area contributed by atoms with Crippen LogP contribution in [0, 0.1) is 0 Å². The Kier molecular flexibility index (Phi) is 4.44. The Hall–Kier alpha value is -2.59. The van der Waals surface area contributed by atoms with Crippen LogP contribution in [0.2, 0.25) is 0 Å². The number of aryl methyl sites for hydroxylation is 1. The molecule has 0 aliphatic heterocycles. The maximum absolute atomic E-state index is 9.94. The first-order valence-corrected chi connectivity index (χ1v) is 7.96. The normalized spacial score (nSPS) is 10.5. The van der Waals surface area contributed by atoms with Gasteiger partial charge >= 0.3 is 0 Å². The number of hydrogen-bond acceptors (Lipinski definition) is 2. The molecule has 3 nitrogen and oxygen atoms in total. The molecule has 116 valence electrons. The molecule has 0 radical (unpaired) electrons. The van der Waals surface area contributed by atoms with Crippen LogP contribution in [0.5, 0.6) is 5.75 Å². The van der Waals surface area contributed by atoms with Crippen LogP contribution in [0.4, 0.5) is 11.4 Å². The van der Waals surface area contributed by atoms with Crippen molar-refractivity contribution in [3.8, 4) is 5.75 Å². The predicted molar refractivity (Wildman–Crippen MR) is 101 cm³/mol. The smallest absolute Gasteiger partial charge is 0.175 e. The van der Waals surface area contributed by atoms with Crippen LogP contribution in [0.3, 0.4) is 0 Å². The van der Waals surface area contributed by atoms with Crippen LogP contribution in [0.25, 0.3) is 10.8 Å². The second-order valence-corrected chi connectivity index (χ2v) is 5.72. The summed E-state index contributed by atoms with van der Waals surface area (Å²) in [5.74, 6) is 0.264. The third-order valence-electron chi connectivity index (χ3n) is 3.77. The molecule has 0 aromatic heterocycles. The summed E-state index contributed by atoms with van der Waals surface area (Å²) in [5.41, 5.74) is 3.10. The zero-order chi connectivity index (χ0) is 16.2. The lowest BCUT2D eigenvalue weighted by molar-refractivity contribution is 0.481. The molecule has 0 aliphatic rings. The van der Waals surface area contributed by atoms with Crippen molar-refractivity contribution in [3.63, 3.8) is 0 Å². The van der Waals surface area contributed by atoms with Crippen molar-refractivity contribution in [2.45, 2.75) is 13.3 Å². The van der Waals surface area contributed by atoms with Gasteiger partial charge in [-0.3, -0.25) is 0 Å². The van der Waals surface area contributed by atoms with E-state index in [2.05, 4.69) is 29.7 Å². The summed E-state index contributed by atoms with van der Waals surface area (Å²) in [6.45, 7) is 2.13. The van der Waals surface area contributed by atoms with E-state index in [0.717, 1.165) is 28.6 Å². The molecule has 0 bridgehead atoms. The largest absolute Gasteiger partial charge is 0.507 e. The minimum Gasteiger partial charge on any atom is -0.507 e. The van der Waals surface area contributed by atoms with Crippen LogP contribution in [0.1, 0.15) is 12.5 Å². The van der Waals surface area contributed by atoms with Gasteiger partial charge in [0.1, 0.15) is 5.75 Å². The molecule has 0 fully saturated rings. The predicted octanol–water partition coefficient (Wildman–Crippen LogP) is 4.92. The highest BCUT2D eigenvalue weighted by Gasteiger charge is 2.05. The fourth-order valence-electron chi connectivity index (χ4n) is 2.51. The van der Waals surface area contributed by atoms with Gasteiger partial charge in [-0.2, -0.15) is 0 Å². The highest BCUT2D eigenvalue weighted by molar-refractivity contribution is 7.80. The second-order valence-electron chi connectivity index (χ2n) is 5.31. The SMILES string of the molecule is CCc1ccc(NC(=S)Nc2cccc3c(O)cccc23)cc1. The highest BCUT2D eigenvalue weighted by Crippen LogP contribution is 2.29. The Morgan fingerprint density at radius 3 is 2.35 bits per heavy atom. The summed E-state index contributed by atoms with van der Waals surface area (Å²) in [7, 11) is 0. The number of anilines is 2. The monoisotopic (exact) mass is 322 g/mol. The van der Waals surface area contributed by atoms with Gasteiger partial charge in [0.15, 0.2) is 5.11 Å². The van der Waals surface area contributed by atoms with Crippen LogP contribution >= 0.6 is 12.2 Å². The maximum atomic E-state index is 9.94. The Morgan fingerprint density at radius 1 is 0.913 bits per heavy atom. The number of phenols is 1. The zero-order valence-corrected chi connectivity index (χ0v) is 13.7. The lowest BCUT2D eigenvalue weighted by atomic mass is 10.1. The minimum atomic E-state index is 0.264. The highest BCUT2D eigenvalue weighted by atomic mass is 32.1. The van der Waals surface area contributed by atoms with Gasteiger partial charge < -0.3 is 15.7 Å². The van der Waals surface area contributed by atoms with Gasteiger partial charge in [-0.1, -0.05) is 43.3 Å². The quantitative estimate of drug-likeness (QED) is 0.599. The number of phenolic OH excluding ortho intramolecular Hbond substituents is 1. The molecule has 0 spiro atoms. The molecule has 23 heavy (non-hydrogen) atoms. The van der Waals surface area contributed by atoms with Gasteiger partial charge in [-0.15, -0.1) is 0 Å². The molecule has 0 atom stereocenters. The molecule has 3 rings (SSSR count). The van der Waals surface area contributed by atoms with Gasteiger partial charge in [0.2, 0.25) is 0 Å². The summed E-state index contributed by atoms with van der Waals surface area (Å²) >= 11 is 5.39. The van der Waals surface area contributed by atoms with Crippen molar-refractivity contribution < 1.29 is 5.11 Å². The van der Waals surface area contributed by atoms with Crippen LogP contribution < -0.4 is 10.6 Å². The van der Waals surface area contributed by atoms with E-state index in [1.165, 1.54) is 5.56 Å². The van der Waals surface area contributed by atoms with Gasteiger partial charge in [0, 0.05) is 22.1 Å². The molecule has 4 heteroatoms. The molecule has 0 unspecified atom stereocenters. The number of hydrogen-bond donors (Lipinski definition) is 3. The number of rotatable bonds is 3. The van der Waals surface area contributed by atoms with E-state index in [9.17, 15) is 5.11 Å². The van der Waals surface area contributed by atoms with E-state index in [0.29, 0.717) is 5.11 Å². The third kappa shape index (κ3) is 3.43. The van der Waals surface area contributed by atoms with Crippen molar-refractivity contribution in [2.75, 3.05) is 10.6 Å².